The Bertz CT molecular complexity index is 622. The van der Waals surface area contributed by atoms with E-state index >= 15 is 0 Å². The Hall–Kier alpha value is -1.89. The maximum Gasteiger partial charge on any atom is 0.185 e. The van der Waals surface area contributed by atoms with Crippen LogP contribution < -0.4 is 5.32 Å². The van der Waals surface area contributed by atoms with Gasteiger partial charge in [0, 0.05) is 11.6 Å². The number of rotatable bonds is 2. The standard InChI is InChI=1S/C11H6ClF4N3/c1-4-10(12)17-3-18-11(4)19-9-7(15)5(13)2-6(14)8(9)16/h2-3H,1H3,(H,17,18,19). The third-order valence-corrected chi connectivity index (χ3v) is 2.76. The smallest absolute Gasteiger partial charge is 0.185 e. The van der Waals surface area contributed by atoms with E-state index in [0.717, 1.165) is 6.33 Å². The van der Waals surface area contributed by atoms with Gasteiger partial charge in [-0.2, -0.15) is 0 Å². The van der Waals surface area contributed by atoms with Gasteiger partial charge in [0.25, 0.3) is 0 Å². The first-order chi connectivity index (χ1) is 8.91. The van der Waals surface area contributed by atoms with Crippen molar-refractivity contribution in [2.45, 2.75) is 6.92 Å². The third-order valence-electron chi connectivity index (χ3n) is 2.38. The molecule has 1 aromatic carbocycles. The molecule has 1 aromatic heterocycles. The van der Waals surface area contributed by atoms with Gasteiger partial charge in [-0.05, 0) is 6.92 Å². The molecule has 0 fully saturated rings. The summed E-state index contributed by atoms with van der Waals surface area (Å²) in [6.07, 6.45) is 1.04. The van der Waals surface area contributed by atoms with Crippen LogP contribution in [0.4, 0.5) is 29.1 Å². The Balaban J connectivity index is 2.52. The highest BCUT2D eigenvalue weighted by atomic mass is 35.5. The van der Waals surface area contributed by atoms with Crippen LogP contribution >= 0.6 is 11.6 Å². The highest BCUT2D eigenvalue weighted by Gasteiger charge is 2.20. The molecule has 1 heterocycles. The van der Waals surface area contributed by atoms with Crippen LogP contribution in [0.1, 0.15) is 5.56 Å². The number of hydrogen-bond donors (Lipinski definition) is 1. The van der Waals surface area contributed by atoms with Crippen LogP contribution in [0, 0.1) is 30.2 Å². The third kappa shape index (κ3) is 2.46. The lowest BCUT2D eigenvalue weighted by atomic mass is 10.2. The van der Waals surface area contributed by atoms with Gasteiger partial charge in [-0.15, -0.1) is 0 Å². The van der Waals surface area contributed by atoms with Crippen LogP contribution in [0.15, 0.2) is 12.4 Å². The minimum Gasteiger partial charge on any atom is -0.335 e. The summed E-state index contributed by atoms with van der Waals surface area (Å²) in [5.41, 5.74) is -0.692. The maximum atomic E-state index is 13.4. The molecule has 1 N–H and O–H groups in total. The van der Waals surface area contributed by atoms with Crippen LogP contribution in [0.25, 0.3) is 0 Å². The first kappa shape index (κ1) is 13.5. The monoisotopic (exact) mass is 291 g/mol. The van der Waals surface area contributed by atoms with Crippen molar-refractivity contribution >= 4 is 23.1 Å². The van der Waals surface area contributed by atoms with Crippen molar-refractivity contribution in [1.29, 1.82) is 0 Å². The molecule has 0 aliphatic carbocycles. The van der Waals surface area contributed by atoms with E-state index in [2.05, 4.69) is 15.3 Å². The van der Waals surface area contributed by atoms with Crippen molar-refractivity contribution < 1.29 is 17.6 Å². The lowest BCUT2D eigenvalue weighted by Crippen LogP contribution is -2.05. The lowest BCUT2D eigenvalue weighted by Gasteiger charge is -2.11. The zero-order valence-corrected chi connectivity index (χ0v) is 10.2. The van der Waals surface area contributed by atoms with Crippen molar-refractivity contribution in [2.75, 3.05) is 5.32 Å². The van der Waals surface area contributed by atoms with E-state index in [1.807, 2.05) is 0 Å². The fourth-order valence-electron chi connectivity index (χ4n) is 1.36. The second-order valence-corrected chi connectivity index (χ2v) is 3.96. The fraction of sp³-hybridized carbons (Fsp3) is 0.0909. The summed E-state index contributed by atoms with van der Waals surface area (Å²) < 4.78 is 52.9. The van der Waals surface area contributed by atoms with E-state index < -0.39 is 29.0 Å². The number of aromatic nitrogens is 2. The molecule has 0 saturated heterocycles. The van der Waals surface area contributed by atoms with E-state index in [-0.39, 0.29) is 22.6 Å². The average molecular weight is 292 g/mol. The topological polar surface area (TPSA) is 37.8 Å². The fourth-order valence-corrected chi connectivity index (χ4v) is 1.49. The predicted molar refractivity (Wildman–Crippen MR) is 61.3 cm³/mol. The molecule has 0 atom stereocenters. The van der Waals surface area contributed by atoms with Gasteiger partial charge in [0.1, 0.15) is 23.0 Å². The molecule has 0 aliphatic heterocycles. The molecule has 0 aliphatic rings. The van der Waals surface area contributed by atoms with E-state index in [4.69, 9.17) is 11.6 Å². The first-order valence-electron chi connectivity index (χ1n) is 4.99. The Morgan fingerprint density at radius 2 is 1.63 bits per heavy atom. The maximum absolute atomic E-state index is 13.4. The van der Waals surface area contributed by atoms with Crippen LogP contribution in [0.3, 0.4) is 0 Å². The quantitative estimate of drug-likeness (QED) is 0.520. The van der Waals surface area contributed by atoms with E-state index in [1.165, 1.54) is 6.92 Å². The molecule has 0 saturated carbocycles. The van der Waals surface area contributed by atoms with Gasteiger partial charge in [0.15, 0.2) is 23.3 Å². The lowest BCUT2D eigenvalue weighted by molar-refractivity contribution is 0.459. The summed E-state index contributed by atoms with van der Waals surface area (Å²) in [7, 11) is 0. The summed E-state index contributed by atoms with van der Waals surface area (Å²) in [5, 5.41) is 2.22. The van der Waals surface area contributed by atoms with Crippen LogP contribution in [0.5, 0.6) is 0 Å². The zero-order valence-electron chi connectivity index (χ0n) is 9.44. The number of nitrogens with zero attached hydrogens (tertiary/aromatic N) is 2. The Kier molecular flexibility index (Phi) is 3.57. The normalized spacial score (nSPS) is 10.6. The minimum atomic E-state index is -1.55. The molecule has 100 valence electrons. The molecule has 3 nitrogen and oxygen atoms in total. The average Bonchev–Trinajstić information content (AvgIpc) is 2.37. The Morgan fingerprint density at radius 1 is 1.05 bits per heavy atom. The summed E-state index contributed by atoms with van der Waals surface area (Å²) >= 11 is 5.70. The Morgan fingerprint density at radius 3 is 2.21 bits per heavy atom. The summed E-state index contributed by atoms with van der Waals surface area (Å²) in [6, 6.07) is 0.121. The van der Waals surface area contributed by atoms with Gasteiger partial charge in [-0.3, -0.25) is 0 Å². The Labute approximate surface area is 110 Å². The molecule has 2 aromatic rings. The number of hydrogen-bond acceptors (Lipinski definition) is 3. The van der Waals surface area contributed by atoms with Crippen molar-refractivity contribution in [2.24, 2.45) is 0 Å². The summed E-state index contributed by atoms with van der Waals surface area (Å²) in [6.45, 7) is 1.48. The molecular weight excluding hydrogens is 286 g/mol. The van der Waals surface area contributed by atoms with Gasteiger partial charge in [0.05, 0.1) is 0 Å². The van der Waals surface area contributed by atoms with Gasteiger partial charge in [0.2, 0.25) is 0 Å². The summed E-state index contributed by atoms with van der Waals surface area (Å²) in [4.78, 5) is 7.33. The molecule has 0 radical (unpaired) electrons. The van der Waals surface area contributed by atoms with E-state index in [1.54, 1.807) is 0 Å². The van der Waals surface area contributed by atoms with E-state index in [0.29, 0.717) is 0 Å². The largest absolute Gasteiger partial charge is 0.335 e. The van der Waals surface area contributed by atoms with Crippen LogP contribution in [0.2, 0.25) is 5.15 Å². The van der Waals surface area contributed by atoms with Crippen molar-refractivity contribution in [3.05, 3.63) is 46.4 Å². The van der Waals surface area contributed by atoms with E-state index in [9.17, 15) is 17.6 Å². The summed E-state index contributed by atoms with van der Waals surface area (Å²) in [5.74, 6) is -6.18. The minimum absolute atomic E-state index is 0.0511. The molecule has 0 amide bonds. The molecular formula is C11H6ClF4N3. The second kappa shape index (κ2) is 5.00. The van der Waals surface area contributed by atoms with Crippen LogP contribution in [-0.4, -0.2) is 9.97 Å². The van der Waals surface area contributed by atoms with Gasteiger partial charge >= 0.3 is 0 Å². The molecule has 0 spiro atoms. The molecule has 8 heteroatoms. The van der Waals surface area contributed by atoms with Gasteiger partial charge < -0.3 is 5.32 Å². The second-order valence-electron chi connectivity index (χ2n) is 3.61. The molecule has 19 heavy (non-hydrogen) atoms. The molecule has 0 bridgehead atoms. The number of halogens is 5. The molecule has 0 unspecified atom stereocenters. The van der Waals surface area contributed by atoms with Gasteiger partial charge in [-0.25, -0.2) is 27.5 Å². The highest BCUT2D eigenvalue weighted by molar-refractivity contribution is 6.30. The number of nitrogens with one attached hydrogen (secondary N) is 1. The SMILES string of the molecule is Cc1c(Cl)ncnc1Nc1c(F)c(F)cc(F)c1F. The highest BCUT2D eigenvalue weighted by Crippen LogP contribution is 2.28. The number of anilines is 2. The number of benzene rings is 1. The zero-order chi connectivity index (χ0) is 14.2. The van der Waals surface area contributed by atoms with Crippen LogP contribution in [-0.2, 0) is 0 Å². The van der Waals surface area contributed by atoms with Gasteiger partial charge in [-0.1, -0.05) is 11.6 Å². The van der Waals surface area contributed by atoms with Crippen molar-refractivity contribution in [3.8, 4) is 0 Å². The first-order valence-corrected chi connectivity index (χ1v) is 5.36. The van der Waals surface area contributed by atoms with Crippen molar-refractivity contribution in [1.82, 2.24) is 9.97 Å². The molecule has 2 rings (SSSR count). The van der Waals surface area contributed by atoms with Crippen molar-refractivity contribution in [3.63, 3.8) is 0 Å². The predicted octanol–water partition coefficient (Wildman–Crippen LogP) is 3.74.